The normalized spacial score (nSPS) is 14.1. The molecule has 0 bridgehead atoms. The van der Waals surface area contributed by atoms with Gasteiger partial charge in [0.25, 0.3) is 11.8 Å². The molecule has 148 valence electrons. The van der Waals surface area contributed by atoms with Crippen LogP contribution in [0.15, 0.2) is 60.4 Å². The highest BCUT2D eigenvalue weighted by Gasteiger charge is 2.26. The molecule has 3 aromatic rings. The van der Waals surface area contributed by atoms with Gasteiger partial charge in [0.15, 0.2) is 5.16 Å². The van der Waals surface area contributed by atoms with E-state index < -0.39 is 0 Å². The Morgan fingerprint density at radius 3 is 2.21 bits per heavy atom. The largest absolute Gasteiger partial charge is 0.335 e. The van der Waals surface area contributed by atoms with Crippen LogP contribution in [0.4, 0.5) is 0 Å². The lowest BCUT2D eigenvalue weighted by atomic mass is 10.1. The number of amides is 2. The second-order valence-corrected chi connectivity index (χ2v) is 7.28. The van der Waals surface area contributed by atoms with E-state index in [0.717, 1.165) is 10.8 Å². The molecular weight excluding hydrogens is 388 g/mol. The zero-order valence-electron chi connectivity index (χ0n) is 15.9. The molecule has 1 aliphatic heterocycles. The first kappa shape index (κ1) is 19.1. The summed E-state index contributed by atoms with van der Waals surface area (Å²) in [6.07, 6.45) is 10.1. The van der Waals surface area contributed by atoms with Crippen LogP contribution >= 0.6 is 11.8 Å². The van der Waals surface area contributed by atoms with E-state index in [9.17, 15) is 9.59 Å². The van der Waals surface area contributed by atoms with Crippen LogP contribution < -0.4 is 0 Å². The van der Waals surface area contributed by atoms with Crippen LogP contribution in [0.1, 0.15) is 20.8 Å². The van der Waals surface area contributed by atoms with Gasteiger partial charge in [-0.2, -0.15) is 0 Å². The molecule has 0 atom stereocenters. The van der Waals surface area contributed by atoms with E-state index in [-0.39, 0.29) is 11.8 Å². The van der Waals surface area contributed by atoms with Gasteiger partial charge in [-0.15, -0.1) is 0 Å². The quantitative estimate of drug-likeness (QED) is 0.614. The van der Waals surface area contributed by atoms with Crippen LogP contribution in [0.25, 0.3) is 5.69 Å². The lowest BCUT2D eigenvalue weighted by Crippen LogP contribution is -2.50. The number of rotatable bonds is 4. The molecule has 0 N–H and O–H groups in total. The maximum Gasteiger partial charge on any atom is 0.274 e. The molecule has 1 fully saturated rings. The van der Waals surface area contributed by atoms with E-state index >= 15 is 0 Å². The van der Waals surface area contributed by atoms with Crippen molar-refractivity contribution in [2.24, 2.45) is 0 Å². The fourth-order valence-corrected chi connectivity index (χ4v) is 3.80. The third kappa shape index (κ3) is 4.00. The molecule has 0 radical (unpaired) electrons. The third-order valence-electron chi connectivity index (χ3n) is 4.82. The molecule has 4 rings (SSSR count). The summed E-state index contributed by atoms with van der Waals surface area (Å²) in [4.78, 5) is 41.1. The van der Waals surface area contributed by atoms with Crippen molar-refractivity contribution in [3.8, 4) is 5.69 Å². The standard InChI is InChI=1S/C20H20N6O2S/c1-29-20-23-8-9-26(20)16-4-2-15(3-5-16)18(27)24-10-12-25(13-11-24)19(28)17-14-21-6-7-22-17/h2-9,14H,10-13H2,1H3. The molecule has 1 saturated heterocycles. The van der Waals surface area contributed by atoms with Crippen molar-refractivity contribution in [1.29, 1.82) is 0 Å². The van der Waals surface area contributed by atoms with Crippen LogP contribution in [0, 0.1) is 0 Å². The summed E-state index contributed by atoms with van der Waals surface area (Å²) < 4.78 is 1.98. The number of carbonyl (C=O) groups is 2. The van der Waals surface area contributed by atoms with Crippen LogP contribution in [-0.4, -0.2) is 73.6 Å². The zero-order chi connectivity index (χ0) is 20.2. The summed E-state index contributed by atoms with van der Waals surface area (Å²) in [5.74, 6) is -0.182. The Hall–Kier alpha value is -3.20. The summed E-state index contributed by atoms with van der Waals surface area (Å²) in [7, 11) is 0. The molecule has 0 aliphatic carbocycles. The zero-order valence-corrected chi connectivity index (χ0v) is 16.7. The monoisotopic (exact) mass is 408 g/mol. The number of benzene rings is 1. The lowest BCUT2D eigenvalue weighted by molar-refractivity contribution is 0.0532. The minimum absolute atomic E-state index is 0.0288. The van der Waals surface area contributed by atoms with Gasteiger partial charge >= 0.3 is 0 Å². The van der Waals surface area contributed by atoms with E-state index in [0.29, 0.717) is 37.4 Å². The Balaban J connectivity index is 1.39. The topological polar surface area (TPSA) is 84.2 Å². The Morgan fingerprint density at radius 2 is 1.59 bits per heavy atom. The van der Waals surface area contributed by atoms with Gasteiger partial charge in [-0.05, 0) is 30.5 Å². The number of carbonyl (C=O) groups excluding carboxylic acids is 2. The van der Waals surface area contributed by atoms with Crippen molar-refractivity contribution in [3.05, 3.63) is 66.5 Å². The van der Waals surface area contributed by atoms with E-state index in [1.54, 1.807) is 27.8 Å². The molecule has 29 heavy (non-hydrogen) atoms. The Bertz CT molecular complexity index is 997. The molecule has 2 aromatic heterocycles. The van der Waals surface area contributed by atoms with Crippen molar-refractivity contribution in [2.75, 3.05) is 32.4 Å². The van der Waals surface area contributed by atoms with Crippen LogP contribution in [0.2, 0.25) is 0 Å². The average Bonchev–Trinajstić information content (AvgIpc) is 3.28. The molecule has 1 aromatic carbocycles. The van der Waals surface area contributed by atoms with E-state index in [1.807, 2.05) is 41.3 Å². The molecule has 2 amide bonds. The van der Waals surface area contributed by atoms with Crippen molar-refractivity contribution in [1.82, 2.24) is 29.3 Å². The van der Waals surface area contributed by atoms with Gasteiger partial charge in [0.2, 0.25) is 0 Å². The lowest BCUT2D eigenvalue weighted by Gasteiger charge is -2.34. The van der Waals surface area contributed by atoms with Crippen molar-refractivity contribution in [3.63, 3.8) is 0 Å². The highest BCUT2D eigenvalue weighted by molar-refractivity contribution is 7.98. The van der Waals surface area contributed by atoms with Crippen LogP contribution in [0.3, 0.4) is 0 Å². The van der Waals surface area contributed by atoms with Crippen molar-refractivity contribution in [2.45, 2.75) is 5.16 Å². The van der Waals surface area contributed by atoms with Gasteiger partial charge in [0.05, 0.1) is 6.20 Å². The smallest absolute Gasteiger partial charge is 0.274 e. The first-order valence-electron chi connectivity index (χ1n) is 9.19. The van der Waals surface area contributed by atoms with Crippen LogP contribution in [-0.2, 0) is 0 Å². The highest BCUT2D eigenvalue weighted by Crippen LogP contribution is 2.19. The van der Waals surface area contributed by atoms with Crippen molar-refractivity contribution >= 4 is 23.6 Å². The van der Waals surface area contributed by atoms with E-state index in [1.165, 1.54) is 18.6 Å². The second-order valence-electron chi connectivity index (χ2n) is 6.51. The number of piperazine rings is 1. The van der Waals surface area contributed by atoms with Crippen LogP contribution in [0.5, 0.6) is 0 Å². The Morgan fingerprint density at radius 1 is 0.897 bits per heavy atom. The van der Waals surface area contributed by atoms with Crippen molar-refractivity contribution < 1.29 is 9.59 Å². The molecule has 8 nitrogen and oxygen atoms in total. The molecule has 0 spiro atoms. The predicted molar refractivity (Wildman–Crippen MR) is 109 cm³/mol. The summed E-state index contributed by atoms with van der Waals surface area (Å²) >= 11 is 1.57. The number of aromatic nitrogens is 4. The molecule has 0 unspecified atom stereocenters. The average molecular weight is 408 g/mol. The number of imidazole rings is 1. The fraction of sp³-hybridized carbons (Fsp3) is 0.250. The summed E-state index contributed by atoms with van der Waals surface area (Å²) in [5.41, 5.74) is 1.92. The van der Waals surface area contributed by atoms with Gasteiger partial charge in [0.1, 0.15) is 5.69 Å². The minimum Gasteiger partial charge on any atom is -0.335 e. The number of hydrogen-bond acceptors (Lipinski definition) is 6. The molecular formula is C20H20N6O2S. The summed E-state index contributed by atoms with van der Waals surface area (Å²) in [5, 5.41) is 0.896. The summed E-state index contributed by atoms with van der Waals surface area (Å²) in [6.45, 7) is 1.94. The fourth-order valence-electron chi connectivity index (χ4n) is 3.27. The second kappa shape index (κ2) is 8.44. The maximum atomic E-state index is 12.8. The number of thioether (sulfide) groups is 1. The Labute approximate surface area is 172 Å². The molecule has 3 heterocycles. The Kier molecular flexibility index (Phi) is 5.57. The molecule has 0 saturated carbocycles. The minimum atomic E-state index is -0.153. The first-order valence-corrected chi connectivity index (χ1v) is 10.4. The number of hydrogen-bond donors (Lipinski definition) is 0. The van der Waals surface area contributed by atoms with E-state index in [2.05, 4.69) is 15.0 Å². The van der Waals surface area contributed by atoms with Gasteiger partial charge in [-0.1, -0.05) is 11.8 Å². The maximum absolute atomic E-state index is 12.8. The van der Waals surface area contributed by atoms with Gasteiger partial charge in [-0.3, -0.25) is 19.1 Å². The molecule has 9 heteroatoms. The third-order valence-corrected chi connectivity index (χ3v) is 5.49. The SMILES string of the molecule is CSc1nccn1-c1ccc(C(=O)N2CCN(C(=O)c3cnccn3)CC2)cc1. The van der Waals surface area contributed by atoms with Gasteiger partial charge < -0.3 is 9.80 Å². The van der Waals surface area contributed by atoms with Gasteiger partial charge in [-0.25, -0.2) is 9.97 Å². The van der Waals surface area contributed by atoms with Gasteiger partial charge in [0, 0.05) is 62.2 Å². The predicted octanol–water partition coefficient (Wildman–Crippen LogP) is 1.98. The summed E-state index contributed by atoms with van der Waals surface area (Å²) in [6, 6.07) is 7.50. The first-order chi connectivity index (χ1) is 14.2. The number of nitrogens with zero attached hydrogens (tertiary/aromatic N) is 6. The highest BCUT2D eigenvalue weighted by atomic mass is 32.2. The van der Waals surface area contributed by atoms with E-state index in [4.69, 9.17) is 0 Å². The molecule has 1 aliphatic rings.